The van der Waals surface area contributed by atoms with Crippen molar-refractivity contribution < 1.29 is 17.9 Å². The van der Waals surface area contributed by atoms with E-state index in [-0.39, 0.29) is 6.10 Å². The summed E-state index contributed by atoms with van der Waals surface area (Å²) in [6.07, 6.45) is 1.49. The Morgan fingerprint density at radius 1 is 1.11 bits per heavy atom. The Morgan fingerprint density at radius 2 is 1.89 bits per heavy atom. The molecule has 3 unspecified atom stereocenters. The van der Waals surface area contributed by atoms with Crippen molar-refractivity contribution in [3.63, 3.8) is 0 Å². The third kappa shape index (κ3) is 5.92. The van der Waals surface area contributed by atoms with E-state index >= 15 is 0 Å². The Labute approximate surface area is 116 Å². The molecule has 0 aromatic heterocycles. The van der Waals surface area contributed by atoms with Crippen LogP contribution in [-0.2, 0) is 4.74 Å². The first kappa shape index (κ1) is 15.4. The summed E-state index contributed by atoms with van der Waals surface area (Å²) in [4.78, 5) is 0. The van der Waals surface area contributed by atoms with Crippen LogP contribution in [0.4, 0.5) is 13.2 Å². The molecule has 3 atom stereocenters. The third-order valence-corrected chi connectivity index (χ3v) is 4.96. The summed E-state index contributed by atoms with van der Waals surface area (Å²) in [5.74, 6) is 2.37. The SMILES string of the molecule is FC(F)(F)COC1CCCC(NC2CCCSC2)C1. The molecule has 0 spiro atoms. The Bertz CT molecular complexity index is 269. The van der Waals surface area contributed by atoms with Crippen molar-refractivity contribution in [3.8, 4) is 0 Å². The minimum absolute atomic E-state index is 0.232. The molecule has 2 rings (SSSR count). The van der Waals surface area contributed by atoms with Gasteiger partial charge in [0.05, 0.1) is 6.10 Å². The Morgan fingerprint density at radius 3 is 2.58 bits per heavy atom. The van der Waals surface area contributed by atoms with Gasteiger partial charge in [-0.2, -0.15) is 24.9 Å². The number of hydrogen-bond acceptors (Lipinski definition) is 3. The zero-order chi connectivity index (χ0) is 13.7. The number of alkyl halides is 3. The van der Waals surface area contributed by atoms with E-state index in [2.05, 4.69) is 5.32 Å². The largest absolute Gasteiger partial charge is 0.411 e. The molecule has 19 heavy (non-hydrogen) atoms. The highest BCUT2D eigenvalue weighted by Crippen LogP contribution is 2.26. The molecule has 0 aromatic rings. The fraction of sp³-hybridized carbons (Fsp3) is 1.00. The van der Waals surface area contributed by atoms with E-state index in [0.717, 1.165) is 31.4 Å². The first-order valence-corrected chi connectivity index (χ1v) is 8.20. The van der Waals surface area contributed by atoms with Crippen molar-refractivity contribution in [1.29, 1.82) is 0 Å². The third-order valence-electron chi connectivity index (χ3n) is 3.74. The van der Waals surface area contributed by atoms with Gasteiger partial charge in [0.2, 0.25) is 0 Å². The lowest BCUT2D eigenvalue weighted by Gasteiger charge is -2.34. The molecule has 6 heteroatoms. The van der Waals surface area contributed by atoms with Gasteiger partial charge < -0.3 is 10.1 Å². The minimum Gasteiger partial charge on any atom is -0.369 e. The number of hydrogen-bond donors (Lipinski definition) is 1. The maximum absolute atomic E-state index is 12.1. The van der Waals surface area contributed by atoms with Gasteiger partial charge in [-0.05, 0) is 44.3 Å². The first-order chi connectivity index (χ1) is 9.03. The molecule has 1 heterocycles. The molecular weight excluding hydrogens is 275 g/mol. The van der Waals surface area contributed by atoms with Gasteiger partial charge in [-0.1, -0.05) is 0 Å². The van der Waals surface area contributed by atoms with Crippen LogP contribution in [-0.4, -0.2) is 42.5 Å². The first-order valence-electron chi connectivity index (χ1n) is 7.05. The summed E-state index contributed by atoms with van der Waals surface area (Å²) in [7, 11) is 0. The molecule has 1 aliphatic heterocycles. The van der Waals surface area contributed by atoms with Gasteiger partial charge in [0.25, 0.3) is 0 Å². The summed E-state index contributed by atoms with van der Waals surface area (Å²) in [6.45, 7) is -1.11. The van der Waals surface area contributed by atoms with Crippen molar-refractivity contribution in [2.75, 3.05) is 18.1 Å². The van der Waals surface area contributed by atoms with Crippen LogP contribution in [0.2, 0.25) is 0 Å². The van der Waals surface area contributed by atoms with E-state index in [0.29, 0.717) is 12.1 Å². The fourth-order valence-electron chi connectivity index (χ4n) is 2.87. The Balaban J connectivity index is 1.70. The number of ether oxygens (including phenoxy) is 1. The summed E-state index contributed by atoms with van der Waals surface area (Å²) in [5, 5.41) is 3.60. The number of nitrogens with one attached hydrogen (secondary N) is 1. The molecular formula is C13H22F3NOS. The van der Waals surface area contributed by atoms with Crippen LogP contribution >= 0.6 is 11.8 Å². The van der Waals surface area contributed by atoms with E-state index in [1.807, 2.05) is 11.8 Å². The topological polar surface area (TPSA) is 21.3 Å². The van der Waals surface area contributed by atoms with E-state index < -0.39 is 12.8 Å². The zero-order valence-corrected chi connectivity index (χ0v) is 11.9. The quantitative estimate of drug-likeness (QED) is 0.860. The molecule has 112 valence electrons. The van der Waals surface area contributed by atoms with Crippen molar-refractivity contribution >= 4 is 11.8 Å². The molecule has 0 aromatic carbocycles. The highest BCUT2D eigenvalue weighted by Gasteiger charge is 2.31. The van der Waals surface area contributed by atoms with Crippen LogP contribution in [0, 0.1) is 0 Å². The molecule has 1 aliphatic carbocycles. The molecule has 2 fully saturated rings. The van der Waals surface area contributed by atoms with Crippen LogP contribution in [0.1, 0.15) is 38.5 Å². The standard InChI is InChI=1S/C13H22F3NOS/c14-13(15,16)9-18-12-5-1-3-10(7-12)17-11-4-2-6-19-8-11/h10-12,17H,1-9H2. The highest BCUT2D eigenvalue weighted by molar-refractivity contribution is 7.99. The summed E-state index contributed by atoms with van der Waals surface area (Å²) in [5.41, 5.74) is 0. The normalized spacial score (nSPS) is 33.3. The molecule has 0 amide bonds. The van der Waals surface area contributed by atoms with Gasteiger partial charge in [-0.3, -0.25) is 0 Å². The van der Waals surface area contributed by atoms with Crippen LogP contribution in [0.5, 0.6) is 0 Å². The molecule has 0 bridgehead atoms. The number of rotatable bonds is 4. The van der Waals surface area contributed by atoms with E-state index in [1.54, 1.807) is 0 Å². The lowest BCUT2D eigenvalue weighted by molar-refractivity contribution is -0.188. The van der Waals surface area contributed by atoms with Gasteiger partial charge in [0.1, 0.15) is 6.61 Å². The summed E-state index contributed by atoms with van der Waals surface area (Å²) >= 11 is 1.96. The maximum Gasteiger partial charge on any atom is 0.411 e. The molecule has 1 N–H and O–H groups in total. The molecule has 2 aliphatic rings. The molecule has 2 nitrogen and oxygen atoms in total. The van der Waals surface area contributed by atoms with Crippen molar-refractivity contribution in [3.05, 3.63) is 0 Å². The second-order valence-corrected chi connectivity index (χ2v) is 6.64. The van der Waals surface area contributed by atoms with E-state index in [4.69, 9.17) is 4.74 Å². The number of thioether (sulfide) groups is 1. The Hall–Kier alpha value is 0.0600. The van der Waals surface area contributed by atoms with E-state index in [1.165, 1.54) is 18.6 Å². The van der Waals surface area contributed by atoms with Crippen molar-refractivity contribution in [2.24, 2.45) is 0 Å². The van der Waals surface area contributed by atoms with Crippen molar-refractivity contribution in [1.82, 2.24) is 5.32 Å². The predicted octanol–water partition coefficient (Wildman–Crippen LogP) is 3.36. The second kappa shape index (κ2) is 7.18. The predicted molar refractivity (Wildman–Crippen MR) is 71.5 cm³/mol. The molecule has 1 saturated carbocycles. The van der Waals surface area contributed by atoms with Crippen molar-refractivity contribution in [2.45, 2.75) is 62.9 Å². The average Bonchev–Trinajstić information content (AvgIpc) is 2.37. The number of halogens is 3. The monoisotopic (exact) mass is 297 g/mol. The van der Waals surface area contributed by atoms with Crippen LogP contribution in [0.15, 0.2) is 0 Å². The summed E-state index contributed by atoms with van der Waals surface area (Å²) in [6, 6.07) is 0.862. The van der Waals surface area contributed by atoms with Crippen LogP contribution < -0.4 is 5.32 Å². The lowest BCUT2D eigenvalue weighted by atomic mass is 9.92. The molecule has 0 radical (unpaired) electrons. The second-order valence-electron chi connectivity index (χ2n) is 5.49. The zero-order valence-electron chi connectivity index (χ0n) is 11.0. The highest BCUT2D eigenvalue weighted by atomic mass is 32.2. The fourth-order valence-corrected chi connectivity index (χ4v) is 3.95. The average molecular weight is 297 g/mol. The van der Waals surface area contributed by atoms with Gasteiger partial charge in [0, 0.05) is 17.8 Å². The van der Waals surface area contributed by atoms with Gasteiger partial charge in [-0.25, -0.2) is 0 Å². The smallest absolute Gasteiger partial charge is 0.369 e. The Kier molecular flexibility index (Phi) is 5.84. The van der Waals surface area contributed by atoms with Crippen LogP contribution in [0.3, 0.4) is 0 Å². The molecule has 1 saturated heterocycles. The lowest BCUT2D eigenvalue weighted by Crippen LogP contribution is -2.45. The van der Waals surface area contributed by atoms with Gasteiger partial charge in [0.15, 0.2) is 0 Å². The van der Waals surface area contributed by atoms with Gasteiger partial charge in [-0.15, -0.1) is 0 Å². The van der Waals surface area contributed by atoms with Crippen LogP contribution in [0.25, 0.3) is 0 Å². The van der Waals surface area contributed by atoms with E-state index in [9.17, 15) is 13.2 Å². The van der Waals surface area contributed by atoms with Gasteiger partial charge >= 0.3 is 6.18 Å². The maximum atomic E-state index is 12.1. The summed E-state index contributed by atoms with van der Waals surface area (Å²) < 4.78 is 41.4. The minimum atomic E-state index is -4.21.